The standard InChI is InChI=1S/C21H22ClFN4O3S2/c1-14(21-24-18-4-2-3-5-19(18)25-21)31-13-20(28)26-8-10-27(11-9-26)32(29,30)15-6-7-17(23)16(22)12-15/h2-7,12,14H,8-11,13H2,1H3,(H,24,25)/t14-/m1/s1. The van der Waals surface area contributed by atoms with Crippen molar-refractivity contribution >= 4 is 50.3 Å². The second-order valence-corrected chi connectivity index (χ2v) is 11.1. The zero-order chi connectivity index (χ0) is 22.9. The van der Waals surface area contributed by atoms with Crippen LogP contribution in [0.15, 0.2) is 47.4 Å². The fraction of sp³-hybridized carbons (Fsp3) is 0.333. The van der Waals surface area contributed by atoms with E-state index in [1.807, 2.05) is 31.2 Å². The maximum absolute atomic E-state index is 13.4. The van der Waals surface area contributed by atoms with Crippen molar-refractivity contribution in [1.29, 1.82) is 0 Å². The van der Waals surface area contributed by atoms with Gasteiger partial charge in [0, 0.05) is 26.2 Å². The Labute approximate surface area is 195 Å². The number of nitrogens with one attached hydrogen (secondary N) is 1. The smallest absolute Gasteiger partial charge is 0.243 e. The maximum atomic E-state index is 13.4. The number of benzene rings is 2. The molecule has 0 unspecified atom stereocenters. The number of imidazole rings is 1. The predicted molar refractivity (Wildman–Crippen MR) is 124 cm³/mol. The summed E-state index contributed by atoms with van der Waals surface area (Å²) < 4.78 is 40.3. The van der Waals surface area contributed by atoms with Gasteiger partial charge in [-0.05, 0) is 37.3 Å². The minimum Gasteiger partial charge on any atom is -0.341 e. The maximum Gasteiger partial charge on any atom is 0.243 e. The summed E-state index contributed by atoms with van der Waals surface area (Å²) in [6.07, 6.45) is 0. The van der Waals surface area contributed by atoms with E-state index in [0.29, 0.717) is 13.1 Å². The highest BCUT2D eigenvalue weighted by molar-refractivity contribution is 8.00. The molecule has 1 N–H and O–H groups in total. The van der Waals surface area contributed by atoms with E-state index in [4.69, 9.17) is 11.6 Å². The van der Waals surface area contributed by atoms with E-state index in [1.54, 1.807) is 4.90 Å². The second-order valence-electron chi connectivity index (χ2n) is 7.45. The number of carbonyl (C=O) groups is 1. The number of hydrogen-bond acceptors (Lipinski definition) is 5. The van der Waals surface area contributed by atoms with E-state index >= 15 is 0 Å². The molecule has 1 aliphatic rings. The van der Waals surface area contributed by atoms with Crippen LogP contribution in [-0.2, 0) is 14.8 Å². The summed E-state index contributed by atoms with van der Waals surface area (Å²) in [4.78, 5) is 22.1. The van der Waals surface area contributed by atoms with Gasteiger partial charge in [0.05, 0.1) is 32.0 Å². The molecule has 0 bridgehead atoms. The molecule has 0 spiro atoms. The first-order chi connectivity index (χ1) is 15.3. The molecular formula is C21H22ClFN4O3S2. The Hall–Kier alpha value is -2.14. The molecule has 1 saturated heterocycles. The van der Waals surface area contributed by atoms with Crippen LogP contribution in [0.25, 0.3) is 11.0 Å². The van der Waals surface area contributed by atoms with Crippen molar-refractivity contribution in [3.05, 3.63) is 59.1 Å². The number of aromatic amines is 1. The molecule has 1 fully saturated rings. The first kappa shape index (κ1) is 23.0. The zero-order valence-electron chi connectivity index (χ0n) is 17.3. The number of sulfonamides is 1. The van der Waals surface area contributed by atoms with Gasteiger partial charge in [-0.1, -0.05) is 23.7 Å². The molecule has 1 aromatic heterocycles. The summed E-state index contributed by atoms with van der Waals surface area (Å²) in [7, 11) is -3.80. The number of hydrogen-bond donors (Lipinski definition) is 1. The van der Waals surface area contributed by atoms with Gasteiger partial charge < -0.3 is 9.88 Å². The van der Waals surface area contributed by atoms with Crippen LogP contribution in [0.1, 0.15) is 18.0 Å². The Morgan fingerprint density at radius 2 is 1.94 bits per heavy atom. The molecule has 0 saturated carbocycles. The van der Waals surface area contributed by atoms with Crippen LogP contribution in [-0.4, -0.2) is 65.4 Å². The Kier molecular flexibility index (Phi) is 6.75. The molecule has 1 amide bonds. The van der Waals surface area contributed by atoms with Crippen LogP contribution in [0.5, 0.6) is 0 Å². The van der Waals surface area contributed by atoms with Crippen LogP contribution in [0.4, 0.5) is 4.39 Å². The number of nitrogens with zero attached hydrogens (tertiary/aromatic N) is 3. The molecule has 1 atom stereocenters. The van der Waals surface area contributed by atoms with Gasteiger partial charge >= 0.3 is 0 Å². The van der Waals surface area contributed by atoms with Crippen LogP contribution >= 0.6 is 23.4 Å². The van der Waals surface area contributed by atoms with E-state index in [2.05, 4.69) is 9.97 Å². The number of halogens is 2. The fourth-order valence-electron chi connectivity index (χ4n) is 3.50. The van der Waals surface area contributed by atoms with Gasteiger partial charge in [0.25, 0.3) is 0 Å². The van der Waals surface area contributed by atoms with E-state index < -0.39 is 15.8 Å². The number of carbonyl (C=O) groups excluding carboxylic acids is 1. The highest BCUT2D eigenvalue weighted by Gasteiger charge is 2.30. The summed E-state index contributed by atoms with van der Waals surface area (Å²) in [5.74, 6) is 0.381. The van der Waals surface area contributed by atoms with Crippen molar-refractivity contribution in [2.24, 2.45) is 0 Å². The second kappa shape index (κ2) is 9.38. The van der Waals surface area contributed by atoms with E-state index in [-0.39, 0.29) is 39.9 Å². The van der Waals surface area contributed by atoms with Gasteiger partial charge in [-0.3, -0.25) is 4.79 Å². The SMILES string of the molecule is C[C@@H](SCC(=O)N1CCN(S(=O)(=O)c2ccc(F)c(Cl)c2)CC1)c1nc2ccccc2[nH]1. The van der Waals surface area contributed by atoms with Crippen LogP contribution in [0.2, 0.25) is 5.02 Å². The molecular weight excluding hydrogens is 475 g/mol. The van der Waals surface area contributed by atoms with E-state index in [0.717, 1.165) is 29.0 Å². The third kappa shape index (κ3) is 4.78. The Bertz CT molecular complexity index is 1210. The zero-order valence-corrected chi connectivity index (χ0v) is 19.7. The third-order valence-corrected chi connectivity index (χ3v) is 8.69. The monoisotopic (exact) mass is 496 g/mol. The summed E-state index contributed by atoms with van der Waals surface area (Å²) in [6.45, 7) is 2.94. The topological polar surface area (TPSA) is 86.4 Å². The van der Waals surface area contributed by atoms with Gasteiger partial charge in [-0.15, -0.1) is 11.8 Å². The number of rotatable bonds is 6. The van der Waals surface area contributed by atoms with Crippen molar-refractivity contribution in [1.82, 2.24) is 19.2 Å². The minimum absolute atomic E-state index is 0.0104. The molecule has 2 heterocycles. The van der Waals surface area contributed by atoms with Crippen molar-refractivity contribution in [3.8, 4) is 0 Å². The summed E-state index contributed by atoms with van der Waals surface area (Å²) in [6, 6.07) is 11.1. The van der Waals surface area contributed by atoms with Crippen molar-refractivity contribution < 1.29 is 17.6 Å². The van der Waals surface area contributed by atoms with E-state index in [9.17, 15) is 17.6 Å². The largest absolute Gasteiger partial charge is 0.341 e. The lowest BCUT2D eigenvalue weighted by Gasteiger charge is -2.34. The molecule has 0 aliphatic carbocycles. The first-order valence-corrected chi connectivity index (χ1v) is 12.9. The minimum atomic E-state index is -3.80. The lowest BCUT2D eigenvalue weighted by molar-refractivity contribution is -0.129. The van der Waals surface area contributed by atoms with Gasteiger partial charge in [0.15, 0.2) is 0 Å². The average Bonchev–Trinajstić information content (AvgIpc) is 3.23. The molecule has 3 aromatic rings. The number of fused-ring (bicyclic) bond motifs is 1. The number of H-pyrrole nitrogens is 1. The van der Waals surface area contributed by atoms with Crippen LogP contribution in [0.3, 0.4) is 0 Å². The van der Waals surface area contributed by atoms with Gasteiger partial charge in [-0.2, -0.15) is 4.31 Å². The summed E-state index contributed by atoms with van der Waals surface area (Å²) >= 11 is 7.22. The Morgan fingerprint density at radius 1 is 1.22 bits per heavy atom. The average molecular weight is 497 g/mol. The van der Waals surface area contributed by atoms with Crippen LogP contribution < -0.4 is 0 Å². The van der Waals surface area contributed by atoms with Crippen molar-refractivity contribution in [3.63, 3.8) is 0 Å². The first-order valence-electron chi connectivity index (χ1n) is 10.0. The van der Waals surface area contributed by atoms with Gasteiger partial charge in [-0.25, -0.2) is 17.8 Å². The van der Waals surface area contributed by atoms with Crippen molar-refractivity contribution in [2.75, 3.05) is 31.9 Å². The number of thioether (sulfide) groups is 1. The number of para-hydroxylation sites is 2. The van der Waals surface area contributed by atoms with Crippen molar-refractivity contribution in [2.45, 2.75) is 17.1 Å². The Morgan fingerprint density at radius 3 is 2.62 bits per heavy atom. The lowest BCUT2D eigenvalue weighted by atomic mass is 10.3. The summed E-state index contributed by atoms with van der Waals surface area (Å²) in [5.41, 5.74) is 1.85. The van der Waals surface area contributed by atoms with Crippen LogP contribution in [0, 0.1) is 5.82 Å². The van der Waals surface area contributed by atoms with Gasteiger partial charge in [0.1, 0.15) is 11.6 Å². The molecule has 2 aromatic carbocycles. The van der Waals surface area contributed by atoms with E-state index in [1.165, 1.54) is 22.1 Å². The molecule has 11 heteroatoms. The molecule has 4 rings (SSSR count). The molecule has 0 radical (unpaired) electrons. The fourth-order valence-corrected chi connectivity index (χ4v) is 6.03. The Balaban J connectivity index is 1.31. The predicted octanol–water partition coefficient (Wildman–Crippen LogP) is 3.68. The number of aromatic nitrogens is 2. The highest BCUT2D eigenvalue weighted by atomic mass is 35.5. The lowest BCUT2D eigenvalue weighted by Crippen LogP contribution is -2.51. The highest BCUT2D eigenvalue weighted by Crippen LogP contribution is 2.28. The molecule has 1 aliphatic heterocycles. The number of amides is 1. The number of piperazine rings is 1. The molecule has 170 valence electrons. The quantitative estimate of drug-likeness (QED) is 0.562. The molecule has 7 nitrogen and oxygen atoms in total. The normalized spacial score (nSPS) is 16.4. The molecule has 32 heavy (non-hydrogen) atoms. The summed E-state index contributed by atoms with van der Waals surface area (Å²) in [5, 5.41) is -0.230. The van der Waals surface area contributed by atoms with Gasteiger partial charge in [0.2, 0.25) is 15.9 Å². The third-order valence-electron chi connectivity index (χ3n) is 5.37.